The zero-order valence-corrected chi connectivity index (χ0v) is 13.9. The van der Waals surface area contributed by atoms with E-state index < -0.39 is 27.4 Å². The number of hydrogen-bond acceptors (Lipinski definition) is 3. The number of carboxylic acid groups (broad SMARTS) is 1. The Hall–Kier alpha value is -2.12. The molecule has 0 amide bonds. The van der Waals surface area contributed by atoms with E-state index in [0.717, 1.165) is 23.8 Å². The summed E-state index contributed by atoms with van der Waals surface area (Å²) >= 11 is 5.95. The molecular weight excluding hydrogens is 357 g/mol. The summed E-state index contributed by atoms with van der Waals surface area (Å²) in [5.41, 5.74) is 0.744. The third-order valence-electron chi connectivity index (χ3n) is 3.88. The Labute approximate surface area is 143 Å². The highest BCUT2D eigenvalue weighted by Gasteiger charge is 2.30. The molecule has 1 N–H and O–H groups in total. The van der Waals surface area contributed by atoms with E-state index in [0.29, 0.717) is 23.6 Å². The molecule has 0 bridgehead atoms. The number of rotatable bonds is 3. The van der Waals surface area contributed by atoms with Gasteiger partial charge in [0.25, 0.3) is 10.0 Å². The fraction of sp³-hybridized carbons (Fsp3) is 0.188. The molecule has 0 radical (unpaired) electrons. The predicted molar refractivity (Wildman–Crippen MR) is 87.7 cm³/mol. The van der Waals surface area contributed by atoms with E-state index in [1.54, 1.807) is 18.2 Å². The normalized spacial score (nSPS) is 14.3. The van der Waals surface area contributed by atoms with Crippen LogP contribution in [-0.2, 0) is 16.4 Å². The first-order valence-corrected chi connectivity index (χ1v) is 8.96. The molecule has 0 spiro atoms. The summed E-state index contributed by atoms with van der Waals surface area (Å²) in [7, 11) is -4.00. The quantitative estimate of drug-likeness (QED) is 0.900. The number of carbonyl (C=O) groups is 1. The van der Waals surface area contributed by atoms with Crippen LogP contribution in [0.4, 0.5) is 10.1 Å². The van der Waals surface area contributed by atoms with Crippen LogP contribution in [0.3, 0.4) is 0 Å². The molecule has 126 valence electrons. The van der Waals surface area contributed by atoms with Crippen LogP contribution in [-0.4, -0.2) is 26.0 Å². The van der Waals surface area contributed by atoms with Gasteiger partial charge in [0.05, 0.1) is 16.1 Å². The number of aromatic carboxylic acids is 1. The predicted octanol–water partition coefficient (Wildman–Crippen LogP) is 3.32. The number of halogens is 2. The number of carboxylic acids is 1. The van der Waals surface area contributed by atoms with E-state index in [2.05, 4.69) is 0 Å². The van der Waals surface area contributed by atoms with Crippen LogP contribution in [0.25, 0.3) is 0 Å². The zero-order valence-electron chi connectivity index (χ0n) is 12.4. The number of fused-ring (bicyclic) bond motifs is 1. The fourth-order valence-corrected chi connectivity index (χ4v) is 4.49. The minimum absolute atomic E-state index is 0.263. The molecule has 3 rings (SSSR count). The van der Waals surface area contributed by atoms with Gasteiger partial charge < -0.3 is 5.11 Å². The van der Waals surface area contributed by atoms with Crippen LogP contribution in [0.5, 0.6) is 0 Å². The number of sulfonamides is 1. The van der Waals surface area contributed by atoms with E-state index in [-0.39, 0.29) is 11.4 Å². The van der Waals surface area contributed by atoms with E-state index in [1.165, 1.54) is 4.31 Å². The largest absolute Gasteiger partial charge is 0.478 e. The van der Waals surface area contributed by atoms with Crippen molar-refractivity contribution in [3.63, 3.8) is 0 Å². The molecule has 0 fully saturated rings. The molecule has 24 heavy (non-hydrogen) atoms. The average molecular weight is 370 g/mol. The smallest absolute Gasteiger partial charge is 0.338 e. The molecule has 1 aliphatic rings. The van der Waals surface area contributed by atoms with Gasteiger partial charge in [0.1, 0.15) is 5.82 Å². The average Bonchev–Trinajstić information content (AvgIpc) is 2.53. The topological polar surface area (TPSA) is 74.7 Å². The van der Waals surface area contributed by atoms with E-state index in [9.17, 15) is 17.6 Å². The number of aryl methyl sites for hydroxylation is 1. The fourth-order valence-electron chi connectivity index (χ4n) is 2.74. The first-order chi connectivity index (χ1) is 11.3. The maximum atomic E-state index is 13.9. The highest BCUT2D eigenvalue weighted by atomic mass is 35.5. The molecule has 0 saturated carbocycles. The Kier molecular flexibility index (Phi) is 4.23. The van der Waals surface area contributed by atoms with E-state index in [1.807, 2.05) is 0 Å². The molecule has 1 heterocycles. The van der Waals surface area contributed by atoms with Crippen LogP contribution >= 0.6 is 11.6 Å². The van der Waals surface area contributed by atoms with Gasteiger partial charge in [-0.15, -0.1) is 0 Å². The minimum atomic E-state index is -4.00. The Morgan fingerprint density at radius 1 is 1.21 bits per heavy atom. The third-order valence-corrected chi connectivity index (χ3v) is 5.92. The molecule has 8 heteroatoms. The van der Waals surface area contributed by atoms with Crippen molar-refractivity contribution in [2.75, 3.05) is 10.8 Å². The molecule has 0 atom stereocenters. The van der Waals surface area contributed by atoms with Gasteiger partial charge in [-0.3, -0.25) is 4.31 Å². The van der Waals surface area contributed by atoms with Gasteiger partial charge in [-0.05, 0) is 54.8 Å². The second-order valence-corrected chi connectivity index (χ2v) is 7.70. The molecule has 0 aliphatic carbocycles. The lowest BCUT2D eigenvalue weighted by atomic mass is 10.0. The van der Waals surface area contributed by atoms with Crippen molar-refractivity contribution in [1.29, 1.82) is 0 Å². The van der Waals surface area contributed by atoms with Crippen LogP contribution < -0.4 is 4.31 Å². The summed E-state index contributed by atoms with van der Waals surface area (Å²) in [5, 5.41) is 9.37. The Balaban J connectivity index is 2.07. The monoisotopic (exact) mass is 369 g/mol. The number of nitrogens with zero attached hydrogens (tertiary/aromatic N) is 1. The molecule has 0 unspecified atom stereocenters. The summed E-state index contributed by atoms with van der Waals surface area (Å²) in [5.74, 6) is -2.54. The first-order valence-electron chi connectivity index (χ1n) is 7.15. The van der Waals surface area contributed by atoms with Gasteiger partial charge in [-0.25, -0.2) is 17.6 Å². The van der Waals surface area contributed by atoms with Crippen molar-refractivity contribution in [3.8, 4) is 0 Å². The number of benzene rings is 2. The second kappa shape index (κ2) is 6.07. The van der Waals surface area contributed by atoms with Crippen molar-refractivity contribution in [1.82, 2.24) is 0 Å². The summed E-state index contributed by atoms with van der Waals surface area (Å²) in [6, 6.07) is 7.73. The highest BCUT2D eigenvalue weighted by Crippen LogP contribution is 2.33. The van der Waals surface area contributed by atoms with Crippen molar-refractivity contribution in [3.05, 3.63) is 58.4 Å². The van der Waals surface area contributed by atoms with Gasteiger partial charge in [0.2, 0.25) is 0 Å². The maximum Gasteiger partial charge on any atom is 0.338 e. The van der Waals surface area contributed by atoms with Gasteiger partial charge >= 0.3 is 5.97 Å². The highest BCUT2D eigenvalue weighted by molar-refractivity contribution is 7.92. The molecule has 1 aliphatic heterocycles. The SMILES string of the molecule is O=C(O)c1ccc(S(=O)(=O)N2CCCc3cc(Cl)ccc32)cc1F. The summed E-state index contributed by atoms with van der Waals surface area (Å²) in [4.78, 5) is 10.6. The minimum Gasteiger partial charge on any atom is -0.478 e. The molecule has 0 aromatic heterocycles. The van der Waals surface area contributed by atoms with Crippen molar-refractivity contribution in [2.24, 2.45) is 0 Å². The van der Waals surface area contributed by atoms with Gasteiger partial charge in [0, 0.05) is 11.6 Å². The van der Waals surface area contributed by atoms with Crippen molar-refractivity contribution < 1.29 is 22.7 Å². The Morgan fingerprint density at radius 2 is 1.96 bits per heavy atom. The van der Waals surface area contributed by atoms with Crippen LogP contribution in [0.1, 0.15) is 22.3 Å². The summed E-state index contributed by atoms with van der Waals surface area (Å²) in [6.45, 7) is 0.263. The first kappa shape index (κ1) is 16.7. The zero-order chi connectivity index (χ0) is 17.5. The van der Waals surface area contributed by atoms with Crippen LogP contribution in [0.15, 0.2) is 41.3 Å². The molecule has 5 nitrogen and oxygen atoms in total. The van der Waals surface area contributed by atoms with Gasteiger partial charge in [0.15, 0.2) is 0 Å². The van der Waals surface area contributed by atoms with E-state index >= 15 is 0 Å². The maximum absolute atomic E-state index is 13.9. The number of hydrogen-bond donors (Lipinski definition) is 1. The van der Waals surface area contributed by atoms with Gasteiger partial charge in [-0.2, -0.15) is 0 Å². The number of anilines is 1. The summed E-state index contributed by atoms with van der Waals surface area (Å²) < 4.78 is 40.8. The molecule has 2 aromatic rings. The lowest BCUT2D eigenvalue weighted by Gasteiger charge is -2.30. The Morgan fingerprint density at radius 3 is 2.62 bits per heavy atom. The van der Waals surface area contributed by atoms with Crippen LogP contribution in [0.2, 0.25) is 5.02 Å². The lowest BCUT2D eigenvalue weighted by molar-refractivity contribution is 0.0691. The second-order valence-electron chi connectivity index (χ2n) is 5.40. The molecule has 0 saturated heterocycles. The molecular formula is C16H13ClFNO4S. The van der Waals surface area contributed by atoms with Gasteiger partial charge in [-0.1, -0.05) is 11.6 Å². The third kappa shape index (κ3) is 2.85. The summed E-state index contributed by atoms with van der Waals surface area (Å²) in [6.07, 6.45) is 1.32. The lowest BCUT2D eigenvalue weighted by Crippen LogP contribution is -2.35. The van der Waals surface area contributed by atoms with E-state index in [4.69, 9.17) is 16.7 Å². The molecule has 2 aromatic carbocycles. The van der Waals surface area contributed by atoms with Crippen molar-refractivity contribution in [2.45, 2.75) is 17.7 Å². The van der Waals surface area contributed by atoms with Crippen molar-refractivity contribution >= 4 is 33.3 Å². The standard InChI is InChI=1S/C16H13ClFNO4S/c17-11-3-6-15-10(8-11)2-1-7-19(15)24(22,23)12-4-5-13(16(20)21)14(18)9-12/h3-6,8-9H,1-2,7H2,(H,20,21). The van der Waals surface area contributed by atoms with Crippen LogP contribution in [0, 0.1) is 5.82 Å². The Bertz CT molecular complexity index is 930.